The predicted molar refractivity (Wildman–Crippen MR) is 252 cm³/mol. The van der Waals surface area contributed by atoms with Crippen molar-refractivity contribution < 1.29 is 38.0 Å². The topological polar surface area (TPSA) is 106 Å². The Kier molecular flexibility index (Phi) is 19.2. The lowest BCUT2D eigenvalue weighted by Crippen LogP contribution is -2.49. The molecule has 1 heterocycles. The Bertz CT molecular complexity index is 2170. The van der Waals surface area contributed by atoms with Crippen molar-refractivity contribution in [1.82, 2.24) is 24.7 Å². The molecule has 1 aliphatic rings. The number of hydrogen-bond acceptors (Lipinski definition) is 11. The molecule has 0 aliphatic carbocycles. The molecule has 5 aromatic rings. The second-order valence-electron chi connectivity index (χ2n) is 15.8. The van der Waals surface area contributed by atoms with Crippen molar-refractivity contribution in [1.29, 1.82) is 0 Å². The summed E-state index contributed by atoms with van der Waals surface area (Å²) in [5, 5.41) is 2.57. The summed E-state index contributed by atoms with van der Waals surface area (Å²) in [5.74, 6) is 2.18. The summed E-state index contributed by atoms with van der Waals surface area (Å²) in [6, 6.07) is 40.4. The van der Waals surface area contributed by atoms with Gasteiger partial charge in [-0.2, -0.15) is 0 Å². The van der Waals surface area contributed by atoms with Gasteiger partial charge in [0.1, 0.15) is 19.8 Å². The van der Waals surface area contributed by atoms with Crippen molar-refractivity contribution in [3.8, 4) is 23.0 Å². The first-order chi connectivity index (χ1) is 31.8. The Labute approximate surface area is 384 Å². The molecule has 0 saturated carbocycles. The Morgan fingerprint density at radius 1 is 0.523 bits per heavy atom. The number of hydrogen-bond donors (Lipinski definition) is 0. The average molecular weight is 888 g/mol. The number of benzene rings is 5. The van der Waals surface area contributed by atoms with Crippen LogP contribution in [0.15, 0.2) is 127 Å². The SMILES string of the molecule is CCN(CC)CCCOc1cc(CN(C(=O)OCc2ccccc2)N(Cc2ccc(OC)c(OCCN3CCN(Cc4ccccc4)CC3)c2)C(=O)OCc2ccccc2)ccc1OC. The van der Waals surface area contributed by atoms with Crippen LogP contribution in [-0.4, -0.2) is 117 Å². The van der Waals surface area contributed by atoms with Crippen molar-refractivity contribution in [3.63, 3.8) is 0 Å². The monoisotopic (exact) mass is 887 g/mol. The van der Waals surface area contributed by atoms with E-state index in [1.165, 1.54) is 15.6 Å². The van der Waals surface area contributed by atoms with Gasteiger partial charge < -0.3 is 33.3 Å². The van der Waals surface area contributed by atoms with Crippen molar-refractivity contribution >= 4 is 12.2 Å². The van der Waals surface area contributed by atoms with Gasteiger partial charge in [0.15, 0.2) is 23.0 Å². The summed E-state index contributed by atoms with van der Waals surface area (Å²) in [4.78, 5) is 36.0. The standard InChI is InChI=1S/C52H65N5O8/c1-5-53(6-2)27-16-33-62-49-35-45(23-25-47(49)60-3)38-56(51(58)64-40-43-19-12-8-13-20-43)57(52(59)65-41-44-21-14-9-15-22-44)39-46-24-26-48(61-4)50(36-46)63-34-32-54-28-30-55(31-29-54)37-42-17-10-7-11-18-42/h7-15,17-26,35-36H,5-6,16,27-34,37-41H2,1-4H3. The minimum atomic E-state index is -0.739. The van der Waals surface area contributed by atoms with E-state index < -0.39 is 12.2 Å². The molecule has 13 nitrogen and oxygen atoms in total. The van der Waals surface area contributed by atoms with E-state index in [9.17, 15) is 9.59 Å². The van der Waals surface area contributed by atoms with Crippen LogP contribution in [0.3, 0.4) is 0 Å². The molecule has 0 aromatic heterocycles. The number of methoxy groups -OCH3 is 2. The highest BCUT2D eigenvalue weighted by molar-refractivity contribution is 5.74. The highest BCUT2D eigenvalue weighted by Gasteiger charge is 2.30. The third kappa shape index (κ3) is 15.2. The van der Waals surface area contributed by atoms with Gasteiger partial charge in [-0.1, -0.05) is 117 Å². The highest BCUT2D eigenvalue weighted by atomic mass is 16.6. The second-order valence-corrected chi connectivity index (χ2v) is 15.8. The number of carbonyl (C=O) groups excluding carboxylic acids is 2. The highest BCUT2D eigenvalue weighted by Crippen LogP contribution is 2.31. The van der Waals surface area contributed by atoms with Gasteiger partial charge in [-0.15, -0.1) is 0 Å². The lowest BCUT2D eigenvalue weighted by Gasteiger charge is -2.34. The third-order valence-electron chi connectivity index (χ3n) is 11.4. The summed E-state index contributed by atoms with van der Waals surface area (Å²) < 4.78 is 35.9. The maximum atomic E-state index is 14.4. The van der Waals surface area contributed by atoms with Crippen LogP contribution >= 0.6 is 0 Å². The fraction of sp³-hybridized carbons (Fsp3) is 0.385. The van der Waals surface area contributed by atoms with Crippen LogP contribution in [0.2, 0.25) is 0 Å². The van der Waals surface area contributed by atoms with Crippen LogP contribution in [0.5, 0.6) is 23.0 Å². The van der Waals surface area contributed by atoms with E-state index in [0.717, 1.165) is 76.5 Å². The Balaban J connectivity index is 1.22. The van der Waals surface area contributed by atoms with Gasteiger partial charge >= 0.3 is 12.2 Å². The van der Waals surface area contributed by atoms with E-state index in [4.69, 9.17) is 28.4 Å². The number of piperazine rings is 1. The van der Waals surface area contributed by atoms with Gasteiger partial charge in [-0.05, 0) is 71.6 Å². The van der Waals surface area contributed by atoms with E-state index in [2.05, 4.69) is 52.8 Å². The molecule has 1 fully saturated rings. The van der Waals surface area contributed by atoms with E-state index >= 15 is 0 Å². The normalized spacial score (nSPS) is 12.9. The minimum absolute atomic E-state index is 0.00477. The van der Waals surface area contributed by atoms with Crippen molar-refractivity contribution in [2.24, 2.45) is 0 Å². The number of nitrogens with zero attached hydrogens (tertiary/aromatic N) is 5. The molecule has 6 rings (SSSR count). The van der Waals surface area contributed by atoms with E-state index in [0.29, 0.717) is 47.3 Å². The number of ether oxygens (including phenoxy) is 6. The molecule has 0 bridgehead atoms. The first kappa shape index (κ1) is 48.2. The fourth-order valence-electron chi connectivity index (χ4n) is 7.60. The van der Waals surface area contributed by atoms with Gasteiger partial charge in [0.05, 0.1) is 33.9 Å². The largest absolute Gasteiger partial charge is 0.493 e. The van der Waals surface area contributed by atoms with Crippen LogP contribution in [0.4, 0.5) is 9.59 Å². The summed E-state index contributed by atoms with van der Waals surface area (Å²) in [7, 11) is 3.19. The zero-order chi connectivity index (χ0) is 45.6. The van der Waals surface area contributed by atoms with Crippen LogP contribution in [0, 0.1) is 0 Å². The molecule has 0 spiro atoms. The Hall–Kier alpha value is -6.28. The lowest BCUT2D eigenvalue weighted by molar-refractivity contribution is -0.0356. The summed E-state index contributed by atoms with van der Waals surface area (Å²) in [6.07, 6.45) is -0.651. The van der Waals surface area contributed by atoms with E-state index in [1.54, 1.807) is 20.3 Å². The van der Waals surface area contributed by atoms with E-state index in [-0.39, 0.29) is 26.3 Å². The first-order valence-corrected chi connectivity index (χ1v) is 22.6. The van der Waals surface area contributed by atoms with Crippen LogP contribution < -0.4 is 18.9 Å². The molecule has 5 aromatic carbocycles. The lowest BCUT2D eigenvalue weighted by atomic mass is 10.2. The predicted octanol–water partition coefficient (Wildman–Crippen LogP) is 8.90. The molecular formula is C52H65N5O8. The summed E-state index contributed by atoms with van der Waals surface area (Å²) in [6.45, 7) is 13.5. The molecule has 0 atom stereocenters. The summed E-state index contributed by atoms with van der Waals surface area (Å²) >= 11 is 0. The minimum Gasteiger partial charge on any atom is -0.493 e. The maximum absolute atomic E-state index is 14.4. The van der Waals surface area contributed by atoms with Gasteiger partial charge in [-0.3, -0.25) is 9.80 Å². The van der Waals surface area contributed by atoms with Crippen LogP contribution in [0.1, 0.15) is 48.1 Å². The summed E-state index contributed by atoms with van der Waals surface area (Å²) in [5.41, 5.74) is 4.29. The second kappa shape index (κ2) is 25.9. The van der Waals surface area contributed by atoms with Gasteiger partial charge in [-0.25, -0.2) is 19.6 Å². The average Bonchev–Trinajstić information content (AvgIpc) is 3.35. The number of amides is 2. The molecule has 2 amide bonds. The molecule has 0 unspecified atom stereocenters. The Morgan fingerprint density at radius 2 is 0.969 bits per heavy atom. The molecule has 1 aliphatic heterocycles. The van der Waals surface area contributed by atoms with Crippen molar-refractivity contribution in [2.75, 3.05) is 79.8 Å². The van der Waals surface area contributed by atoms with Crippen molar-refractivity contribution in [2.45, 2.75) is 53.1 Å². The number of carbonyl (C=O) groups is 2. The molecule has 1 saturated heterocycles. The molecule has 0 radical (unpaired) electrons. The maximum Gasteiger partial charge on any atom is 0.429 e. The smallest absolute Gasteiger partial charge is 0.429 e. The molecule has 346 valence electrons. The number of hydrazine groups is 1. The van der Waals surface area contributed by atoms with Gasteiger partial charge in [0, 0.05) is 45.8 Å². The first-order valence-electron chi connectivity index (χ1n) is 22.6. The zero-order valence-electron chi connectivity index (χ0n) is 38.4. The molecule has 65 heavy (non-hydrogen) atoms. The molecule has 13 heteroatoms. The van der Waals surface area contributed by atoms with Crippen molar-refractivity contribution in [3.05, 3.63) is 155 Å². The quantitative estimate of drug-likeness (QED) is 0.0464. The molecule has 0 N–H and O–H groups in total. The van der Waals surface area contributed by atoms with Crippen LogP contribution in [-0.2, 0) is 42.3 Å². The van der Waals surface area contributed by atoms with Gasteiger partial charge in [0.2, 0.25) is 0 Å². The van der Waals surface area contributed by atoms with Gasteiger partial charge in [0.25, 0.3) is 0 Å². The third-order valence-corrected chi connectivity index (χ3v) is 11.4. The van der Waals surface area contributed by atoms with E-state index in [1.807, 2.05) is 97.1 Å². The number of rotatable bonds is 23. The molecular weight excluding hydrogens is 823 g/mol. The van der Waals surface area contributed by atoms with Crippen LogP contribution in [0.25, 0.3) is 0 Å². The fourth-order valence-corrected chi connectivity index (χ4v) is 7.60. The zero-order valence-corrected chi connectivity index (χ0v) is 38.4. The Morgan fingerprint density at radius 3 is 1.43 bits per heavy atom.